The zero-order valence-electron chi connectivity index (χ0n) is 15.1. The molecule has 1 N–H and O–H groups in total. The molecule has 0 atom stereocenters. The quantitative estimate of drug-likeness (QED) is 0.593. The van der Waals surface area contributed by atoms with E-state index in [1.807, 2.05) is 23.6 Å². The molecule has 2 aromatic carbocycles. The highest BCUT2D eigenvalue weighted by atomic mass is 35.5. The molecule has 0 aliphatic rings. The van der Waals surface area contributed by atoms with E-state index in [-0.39, 0.29) is 22.0 Å². The van der Waals surface area contributed by atoms with E-state index in [0.717, 1.165) is 4.88 Å². The van der Waals surface area contributed by atoms with Gasteiger partial charge >= 0.3 is 0 Å². The van der Waals surface area contributed by atoms with Gasteiger partial charge in [0.2, 0.25) is 0 Å². The summed E-state index contributed by atoms with van der Waals surface area (Å²) in [5.74, 6) is -0.418. The second kappa shape index (κ2) is 8.77. The second-order valence-electron chi connectivity index (χ2n) is 5.91. The molecule has 8 heteroatoms. The summed E-state index contributed by atoms with van der Waals surface area (Å²) in [5.41, 5.74) is 0.687. The molecule has 3 aromatic rings. The topological polar surface area (TPSA) is 66.5 Å². The smallest absolute Gasteiger partial charge is 0.264 e. The normalized spacial score (nSPS) is 11.2. The average molecular weight is 435 g/mol. The lowest BCUT2D eigenvalue weighted by molar-refractivity contribution is 0.0951. The maximum Gasteiger partial charge on any atom is 0.264 e. The molecule has 3 rings (SSSR count). The summed E-state index contributed by atoms with van der Waals surface area (Å²) in [7, 11) is -3.84. The number of rotatable bonds is 7. The molecule has 0 fully saturated rings. The minimum atomic E-state index is -3.84. The molecule has 0 radical (unpaired) electrons. The minimum absolute atomic E-state index is 0.0175. The Hall–Kier alpha value is -2.35. The molecule has 1 aromatic heterocycles. The van der Waals surface area contributed by atoms with Crippen molar-refractivity contribution in [3.05, 3.63) is 81.5 Å². The fourth-order valence-electron chi connectivity index (χ4n) is 2.73. The molecule has 0 unspecified atom stereocenters. The van der Waals surface area contributed by atoms with E-state index in [9.17, 15) is 13.2 Å². The van der Waals surface area contributed by atoms with Crippen LogP contribution in [0.15, 0.2) is 70.9 Å². The van der Waals surface area contributed by atoms with Crippen LogP contribution in [-0.2, 0) is 16.6 Å². The monoisotopic (exact) mass is 434 g/mol. The number of carbonyl (C=O) groups excluding carboxylic acids is 1. The molecular formula is C20H19ClN2O3S2. The van der Waals surface area contributed by atoms with E-state index in [2.05, 4.69) is 5.32 Å². The molecule has 5 nitrogen and oxygen atoms in total. The van der Waals surface area contributed by atoms with Crippen LogP contribution in [0.2, 0.25) is 5.02 Å². The standard InChI is InChI=1S/C20H19ClN2O3S2/c1-2-23(15-7-4-3-5-8-15)28(25,26)17-10-11-19(21)18(13-17)20(24)22-14-16-9-6-12-27-16/h3-13H,2,14H2,1H3,(H,22,24). The molecule has 0 saturated heterocycles. The Bertz CT molecular complexity index is 1050. The Morgan fingerprint density at radius 2 is 1.86 bits per heavy atom. The SMILES string of the molecule is CCN(c1ccccc1)S(=O)(=O)c1ccc(Cl)c(C(=O)NCc2cccs2)c1. The second-order valence-corrected chi connectivity index (χ2v) is 9.21. The summed E-state index contributed by atoms with van der Waals surface area (Å²) < 4.78 is 27.6. The number of sulfonamides is 1. The van der Waals surface area contributed by atoms with E-state index in [4.69, 9.17) is 11.6 Å². The van der Waals surface area contributed by atoms with Crippen LogP contribution in [0.3, 0.4) is 0 Å². The Kier molecular flexibility index (Phi) is 6.39. The summed E-state index contributed by atoms with van der Waals surface area (Å²) >= 11 is 7.69. The van der Waals surface area contributed by atoms with Crippen LogP contribution in [-0.4, -0.2) is 20.9 Å². The lowest BCUT2D eigenvalue weighted by Crippen LogP contribution is -2.31. The highest BCUT2D eigenvalue weighted by Crippen LogP contribution is 2.26. The zero-order chi connectivity index (χ0) is 20.1. The van der Waals surface area contributed by atoms with Crippen LogP contribution in [0.5, 0.6) is 0 Å². The first kappa shape index (κ1) is 20.4. The third-order valence-electron chi connectivity index (χ3n) is 4.11. The van der Waals surface area contributed by atoms with Crippen molar-refractivity contribution in [2.24, 2.45) is 0 Å². The van der Waals surface area contributed by atoms with E-state index in [1.54, 1.807) is 31.2 Å². The predicted octanol–water partition coefficient (Wildman–Crippen LogP) is 4.55. The molecule has 28 heavy (non-hydrogen) atoms. The van der Waals surface area contributed by atoms with Crippen molar-refractivity contribution in [1.29, 1.82) is 0 Å². The van der Waals surface area contributed by atoms with Gasteiger partial charge in [0, 0.05) is 11.4 Å². The third-order valence-corrected chi connectivity index (χ3v) is 7.21. The number of amides is 1. The Labute approximate surface area is 173 Å². The van der Waals surface area contributed by atoms with Crippen LogP contribution in [0.4, 0.5) is 5.69 Å². The van der Waals surface area contributed by atoms with Gasteiger partial charge in [-0.2, -0.15) is 0 Å². The number of thiophene rings is 1. The number of anilines is 1. The Balaban J connectivity index is 1.90. The molecule has 146 valence electrons. The van der Waals surface area contributed by atoms with Gasteiger partial charge in [0.1, 0.15) is 0 Å². The van der Waals surface area contributed by atoms with E-state index < -0.39 is 15.9 Å². The van der Waals surface area contributed by atoms with Crippen molar-refractivity contribution in [2.45, 2.75) is 18.4 Å². The van der Waals surface area contributed by atoms with Crippen molar-refractivity contribution >= 4 is 44.6 Å². The molecule has 0 bridgehead atoms. The first-order chi connectivity index (χ1) is 13.4. The van der Waals surface area contributed by atoms with Gasteiger partial charge in [-0.05, 0) is 48.7 Å². The first-order valence-electron chi connectivity index (χ1n) is 8.61. The fraction of sp³-hybridized carbons (Fsp3) is 0.150. The molecule has 1 amide bonds. The maximum absolute atomic E-state index is 13.1. The van der Waals surface area contributed by atoms with Crippen LogP contribution < -0.4 is 9.62 Å². The largest absolute Gasteiger partial charge is 0.347 e. The van der Waals surface area contributed by atoms with Crippen molar-refractivity contribution in [3.8, 4) is 0 Å². The highest BCUT2D eigenvalue weighted by Gasteiger charge is 2.25. The summed E-state index contributed by atoms with van der Waals surface area (Å²) in [4.78, 5) is 13.6. The van der Waals surface area contributed by atoms with E-state index in [1.165, 1.54) is 33.8 Å². The average Bonchev–Trinajstić information content (AvgIpc) is 3.21. The number of carbonyl (C=O) groups is 1. The number of hydrogen-bond donors (Lipinski definition) is 1. The van der Waals surface area contributed by atoms with Gasteiger partial charge in [0.05, 0.1) is 27.7 Å². The fourth-order valence-corrected chi connectivity index (χ4v) is 5.08. The lowest BCUT2D eigenvalue weighted by atomic mass is 10.2. The van der Waals surface area contributed by atoms with Gasteiger partial charge < -0.3 is 5.32 Å². The van der Waals surface area contributed by atoms with Gasteiger partial charge in [-0.3, -0.25) is 9.10 Å². The predicted molar refractivity (Wildman–Crippen MR) is 114 cm³/mol. The summed E-state index contributed by atoms with van der Waals surface area (Å²) in [6.45, 7) is 2.37. The summed E-state index contributed by atoms with van der Waals surface area (Å²) in [5, 5.41) is 4.90. The van der Waals surface area contributed by atoms with Crippen LogP contribution in [0, 0.1) is 0 Å². The number of nitrogens with one attached hydrogen (secondary N) is 1. The molecule has 1 heterocycles. The van der Waals surface area contributed by atoms with Gasteiger partial charge in [-0.15, -0.1) is 11.3 Å². The van der Waals surface area contributed by atoms with Crippen LogP contribution in [0.25, 0.3) is 0 Å². The Morgan fingerprint density at radius 1 is 1.11 bits per heavy atom. The molecule has 0 spiro atoms. The number of nitrogens with zero attached hydrogens (tertiary/aromatic N) is 1. The molecule has 0 aliphatic heterocycles. The van der Waals surface area contributed by atoms with Crippen molar-refractivity contribution in [1.82, 2.24) is 5.32 Å². The molecule has 0 saturated carbocycles. The van der Waals surface area contributed by atoms with Gasteiger partial charge in [-0.1, -0.05) is 35.9 Å². The van der Waals surface area contributed by atoms with Crippen LogP contribution in [0.1, 0.15) is 22.2 Å². The number of hydrogen-bond acceptors (Lipinski definition) is 4. The highest BCUT2D eigenvalue weighted by molar-refractivity contribution is 7.92. The van der Waals surface area contributed by atoms with Crippen LogP contribution >= 0.6 is 22.9 Å². The van der Waals surface area contributed by atoms with Gasteiger partial charge in [0.25, 0.3) is 15.9 Å². The van der Waals surface area contributed by atoms with E-state index >= 15 is 0 Å². The summed E-state index contributed by atoms with van der Waals surface area (Å²) in [6.07, 6.45) is 0. The minimum Gasteiger partial charge on any atom is -0.347 e. The molecular weight excluding hydrogens is 416 g/mol. The Morgan fingerprint density at radius 3 is 2.50 bits per heavy atom. The van der Waals surface area contributed by atoms with Gasteiger partial charge in [0.15, 0.2) is 0 Å². The number of para-hydroxylation sites is 1. The lowest BCUT2D eigenvalue weighted by Gasteiger charge is -2.23. The maximum atomic E-state index is 13.1. The molecule has 0 aliphatic carbocycles. The number of halogens is 1. The van der Waals surface area contributed by atoms with Crippen molar-refractivity contribution < 1.29 is 13.2 Å². The van der Waals surface area contributed by atoms with E-state index in [0.29, 0.717) is 12.2 Å². The zero-order valence-corrected chi connectivity index (χ0v) is 17.5. The van der Waals surface area contributed by atoms with Gasteiger partial charge in [-0.25, -0.2) is 8.42 Å². The first-order valence-corrected chi connectivity index (χ1v) is 11.3. The third kappa shape index (κ3) is 4.38. The summed E-state index contributed by atoms with van der Waals surface area (Å²) in [6, 6.07) is 16.8. The van der Waals surface area contributed by atoms with Crippen molar-refractivity contribution in [2.75, 3.05) is 10.8 Å². The van der Waals surface area contributed by atoms with Crippen molar-refractivity contribution in [3.63, 3.8) is 0 Å². The number of benzene rings is 2.